The Kier molecular flexibility index (Phi) is 3.62. The largest absolute Gasteiger partial charge is 0.372 e. The number of fused-ring (bicyclic) bond motifs is 1. The van der Waals surface area contributed by atoms with E-state index in [-0.39, 0.29) is 10.5 Å². The number of nitrogens with zero attached hydrogens (tertiary/aromatic N) is 2. The summed E-state index contributed by atoms with van der Waals surface area (Å²) < 4.78 is 28.7. The molecule has 0 bridgehead atoms. The van der Waals surface area contributed by atoms with Crippen molar-refractivity contribution in [2.75, 3.05) is 24.6 Å². The van der Waals surface area contributed by atoms with Crippen molar-refractivity contribution in [2.24, 2.45) is 5.14 Å². The van der Waals surface area contributed by atoms with Crippen LogP contribution in [0.5, 0.6) is 0 Å². The zero-order valence-electron chi connectivity index (χ0n) is 12.7. The van der Waals surface area contributed by atoms with Gasteiger partial charge in [-0.05, 0) is 31.5 Å². The molecule has 1 fully saturated rings. The smallest absolute Gasteiger partial charge is 0.238 e. The van der Waals surface area contributed by atoms with Crippen molar-refractivity contribution in [1.29, 1.82) is 0 Å². The molecular formula is C14H20N4O3S. The lowest BCUT2D eigenvalue weighted by atomic mass is 10.0. The Morgan fingerprint density at radius 1 is 1.50 bits per heavy atom. The van der Waals surface area contributed by atoms with Gasteiger partial charge in [0.15, 0.2) is 0 Å². The summed E-state index contributed by atoms with van der Waals surface area (Å²) in [7, 11) is -3.71. The van der Waals surface area contributed by atoms with E-state index in [9.17, 15) is 8.42 Å². The minimum atomic E-state index is -3.71. The Bertz CT molecular complexity index is 802. The third kappa shape index (κ3) is 2.81. The van der Waals surface area contributed by atoms with Crippen LogP contribution < -0.4 is 10.0 Å². The van der Waals surface area contributed by atoms with Gasteiger partial charge in [-0.2, -0.15) is 0 Å². The highest BCUT2D eigenvalue weighted by Gasteiger charge is 2.31. The Hall–Kier alpha value is -1.64. The molecule has 1 aliphatic rings. The van der Waals surface area contributed by atoms with Gasteiger partial charge in [-0.25, -0.2) is 18.5 Å². The number of ether oxygens (including phenoxy) is 1. The molecule has 1 saturated heterocycles. The molecular weight excluding hydrogens is 304 g/mol. The monoisotopic (exact) mass is 324 g/mol. The lowest BCUT2D eigenvalue weighted by Crippen LogP contribution is -2.50. The third-order valence-electron chi connectivity index (χ3n) is 4.15. The second-order valence-electron chi connectivity index (χ2n) is 5.86. The molecule has 1 aliphatic heterocycles. The molecule has 1 aromatic heterocycles. The van der Waals surface area contributed by atoms with Crippen LogP contribution in [-0.4, -0.2) is 43.7 Å². The van der Waals surface area contributed by atoms with Crippen LogP contribution >= 0.6 is 0 Å². The Balaban J connectivity index is 1.95. The molecule has 0 amide bonds. The van der Waals surface area contributed by atoms with E-state index in [1.165, 1.54) is 12.1 Å². The molecule has 2 aromatic rings. The predicted molar refractivity (Wildman–Crippen MR) is 84.3 cm³/mol. The summed E-state index contributed by atoms with van der Waals surface area (Å²) in [6, 6.07) is 4.65. The van der Waals surface area contributed by atoms with Crippen molar-refractivity contribution >= 4 is 27.0 Å². The summed E-state index contributed by atoms with van der Waals surface area (Å²) in [5, 5.41) is 5.16. The molecule has 0 spiro atoms. The average Bonchev–Trinajstić information content (AvgIpc) is 2.89. The first-order valence-electron chi connectivity index (χ1n) is 7.22. The molecule has 7 nitrogen and oxygen atoms in total. The lowest BCUT2D eigenvalue weighted by molar-refractivity contribution is -0.0444. The third-order valence-corrected chi connectivity index (χ3v) is 5.06. The van der Waals surface area contributed by atoms with Gasteiger partial charge in [0.1, 0.15) is 0 Å². The molecule has 1 atom stereocenters. The van der Waals surface area contributed by atoms with Crippen LogP contribution in [0.2, 0.25) is 0 Å². The summed E-state index contributed by atoms with van der Waals surface area (Å²) in [4.78, 5) is 9.93. The number of aromatic nitrogens is 2. The number of H-pyrrole nitrogens is 1. The number of imidazole rings is 1. The number of anilines is 1. The number of sulfonamides is 1. The minimum Gasteiger partial charge on any atom is -0.372 e. The van der Waals surface area contributed by atoms with Crippen molar-refractivity contribution in [2.45, 2.75) is 30.8 Å². The van der Waals surface area contributed by atoms with Crippen molar-refractivity contribution < 1.29 is 13.2 Å². The van der Waals surface area contributed by atoms with E-state index in [1.54, 1.807) is 6.07 Å². The highest BCUT2D eigenvalue weighted by atomic mass is 32.2. The van der Waals surface area contributed by atoms with Gasteiger partial charge in [-0.15, -0.1) is 0 Å². The van der Waals surface area contributed by atoms with Crippen LogP contribution in [0.1, 0.15) is 20.3 Å². The second kappa shape index (κ2) is 5.22. The van der Waals surface area contributed by atoms with Crippen LogP contribution in [0.15, 0.2) is 23.1 Å². The van der Waals surface area contributed by atoms with Crippen molar-refractivity contribution in [3.8, 4) is 0 Å². The molecule has 0 saturated carbocycles. The second-order valence-corrected chi connectivity index (χ2v) is 7.42. The first kappa shape index (κ1) is 15.3. The number of morpholine rings is 1. The van der Waals surface area contributed by atoms with Gasteiger partial charge in [-0.1, -0.05) is 6.92 Å². The van der Waals surface area contributed by atoms with E-state index in [0.29, 0.717) is 17.6 Å². The number of nitrogens with two attached hydrogens (primary N) is 1. The van der Waals surface area contributed by atoms with Crippen LogP contribution in [0.3, 0.4) is 0 Å². The minimum absolute atomic E-state index is 0.0792. The number of nitrogens with one attached hydrogen (secondary N) is 1. The Labute approximate surface area is 129 Å². The van der Waals surface area contributed by atoms with E-state index in [0.717, 1.165) is 25.5 Å². The zero-order chi connectivity index (χ0) is 16.0. The Morgan fingerprint density at radius 2 is 2.27 bits per heavy atom. The van der Waals surface area contributed by atoms with E-state index in [4.69, 9.17) is 9.88 Å². The van der Waals surface area contributed by atoms with E-state index in [2.05, 4.69) is 28.7 Å². The maximum absolute atomic E-state index is 11.4. The fraction of sp³-hybridized carbons (Fsp3) is 0.500. The van der Waals surface area contributed by atoms with Crippen molar-refractivity contribution in [3.63, 3.8) is 0 Å². The SMILES string of the molecule is CCC1(C)CN(c2nc3ccc(S(N)(=O)=O)cc3[nH]2)CCO1. The predicted octanol–water partition coefficient (Wildman–Crippen LogP) is 1.22. The van der Waals surface area contributed by atoms with Crippen molar-refractivity contribution in [3.05, 3.63) is 18.2 Å². The van der Waals surface area contributed by atoms with Crippen LogP contribution in [-0.2, 0) is 14.8 Å². The summed E-state index contributed by atoms with van der Waals surface area (Å²) >= 11 is 0. The maximum Gasteiger partial charge on any atom is 0.238 e. The quantitative estimate of drug-likeness (QED) is 0.884. The summed E-state index contributed by atoms with van der Waals surface area (Å²) in [5.74, 6) is 0.726. The number of rotatable bonds is 3. The molecule has 8 heteroatoms. The molecule has 0 aliphatic carbocycles. The van der Waals surface area contributed by atoms with Gasteiger partial charge in [0.2, 0.25) is 16.0 Å². The topological polar surface area (TPSA) is 101 Å². The van der Waals surface area contributed by atoms with E-state index in [1.807, 2.05) is 0 Å². The number of primary sulfonamides is 1. The summed E-state index contributed by atoms with van der Waals surface area (Å²) in [5.41, 5.74) is 1.18. The number of aromatic amines is 1. The van der Waals surface area contributed by atoms with E-state index >= 15 is 0 Å². The van der Waals surface area contributed by atoms with E-state index < -0.39 is 10.0 Å². The zero-order valence-corrected chi connectivity index (χ0v) is 13.5. The maximum atomic E-state index is 11.4. The summed E-state index contributed by atoms with van der Waals surface area (Å²) in [6.07, 6.45) is 0.916. The molecule has 120 valence electrons. The van der Waals surface area contributed by atoms with Crippen molar-refractivity contribution in [1.82, 2.24) is 9.97 Å². The molecule has 3 N–H and O–H groups in total. The summed E-state index contributed by atoms with van der Waals surface area (Å²) in [6.45, 7) is 6.31. The van der Waals surface area contributed by atoms with Crippen LogP contribution in [0.25, 0.3) is 11.0 Å². The van der Waals surface area contributed by atoms with Gasteiger partial charge in [0.25, 0.3) is 0 Å². The van der Waals surface area contributed by atoms with Crippen LogP contribution in [0, 0.1) is 0 Å². The average molecular weight is 324 g/mol. The van der Waals surface area contributed by atoms with Gasteiger partial charge >= 0.3 is 0 Å². The molecule has 22 heavy (non-hydrogen) atoms. The molecule has 2 heterocycles. The molecule has 3 rings (SSSR count). The highest BCUT2D eigenvalue weighted by molar-refractivity contribution is 7.89. The van der Waals surface area contributed by atoms with Gasteiger partial charge < -0.3 is 14.6 Å². The van der Waals surface area contributed by atoms with Gasteiger partial charge in [0.05, 0.1) is 28.1 Å². The first-order valence-corrected chi connectivity index (χ1v) is 8.77. The standard InChI is InChI=1S/C14H20N4O3S/c1-3-14(2)9-18(6-7-21-14)13-16-11-5-4-10(22(15,19)20)8-12(11)17-13/h4-5,8H,3,6-7,9H2,1-2H3,(H,16,17)(H2,15,19,20). The lowest BCUT2D eigenvalue weighted by Gasteiger charge is -2.39. The molecule has 0 radical (unpaired) electrons. The van der Waals surface area contributed by atoms with Crippen LogP contribution in [0.4, 0.5) is 5.95 Å². The normalized spacial score (nSPS) is 23.1. The molecule has 1 aromatic carbocycles. The fourth-order valence-corrected chi connectivity index (χ4v) is 3.17. The number of hydrogen-bond acceptors (Lipinski definition) is 5. The number of hydrogen-bond donors (Lipinski definition) is 2. The van der Waals surface area contributed by atoms with Gasteiger partial charge in [0, 0.05) is 13.1 Å². The molecule has 1 unspecified atom stereocenters. The van der Waals surface area contributed by atoms with Gasteiger partial charge in [-0.3, -0.25) is 0 Å². The number of benzene rings is 1. The fourth-order valence-electron chi connectivity index (χ4n) is 2.63. The Morgan fingerprint density at radius 3 is 2.95 bits per heavy atom. The highest BCUT2D eigenvalue weighted by Crippen LogP contribution is 2.26. The first-order chi connectivity index (χ1) is 10.3.